The number of hydrogen-bond acceptors (Lipinski definition) is 4. The Hall–Kier alpha value is -0.820. The molecule has 0 radical (unpaired) electrons. The molecule has 0 aromatic carbocycles. The standard InChI is InChI=1S/C6H14N2O4S/c1-2-3-4-5-8-13(10,11)12-6(7)9/h8H,2-5H2,1H3,(H2,7,9). The fourth-order valence-electron chi connectivity index (χ4n) is 0.710. The van der Waals surface area contributed by atoms with Gasteiger partial charge in [0, 0.05) is 6.54 Å². The lowest BCUT2D eigenvalue weighted by atomic mass is 10.3. The summed E-state index contributed by atoms with van der Waals surface area (Å²) in [6.45, 7) is 2.25. The van der Waals surface area contributed by atoms with Crippen LogP contribution in [-0.4, -0.2) is 21.1 Å². The Kier molecular flexibility index (Phi) is 5.40. The highest BCUT2D eigenvalue weighted by atomic mass is 32.2. The highest BCUT2D eigenvalue weighted by Crippen LogP contribution is 1.93. The van der Waals surface area contributed by atoms with E-state index in [1.165, 1.54) is 0 Å². The van der Waals surface area contributed by atoms with Gasteiger partial charge in [-0.05, 0) is 6.42 Å². The lowest BCUT2D eigenvalue weighted by molar-refractivity contribution is 0.212. The highest BCUT2D eigenvalue weighted by Gasteiger charge is 2.12. The zero-order valence-electron chi connectivity index (χ0n) is 7.45. The van der Waals surface area contributed by atoms with Crippen molar-refractivity contribution in [1.29, 1.82) is 0 Å². The number of unbranched alkanes of at least 4 members (excludes halogenated alkanes) is 2. The SMILES string of the molecule is CCCCCNS(=O)(=O)OC(N)=O. The second kappa shape index (κ2) is 5.76. The normalized spacial score (nSPS) is 11.2. The van der Waals surface area contributed by atoms with Gasteiger partial charge in [-0.1, -0.05) is 19.8 Å². The Balaban J connectivity index is 3.71. The predicted molar refractivity (Wildman–Crippen MR) is 47.1 cm³/mol. The average molecular weight is 210 g/mol. The molecule has 0 atom stereocenters. The van der Waals surface area contributed by atoms with Gasteiger partial charge in [0.25, 0.3) is 0 Å². The maximum absolute atomic E-state index is 10.8. The molecule has 0 saturated heterocycles. The largest absolute Gasteiger partial charge is 0.421 e. The number of amides is 1. The van der Waals surface area contributed by atoms with Crippen molar-refractivity contribution in [2.75, 3.05) is 6.54 Å². The fourth-order valence-corrected chi connectivity index (χ4v) is 1.38. The molecular formula is C6H14N2O4S. The summed E-state index contributed by atoms with van der Waals surface area (Å²) in [5.41, 5.74) is 4.53. The van der Waals surface area contributed by atoms with Crippen molar-refractivity contribution < 1.29 is 17.4 Å². The van der Waals surface area contributed by atoms with Crippen molar-refractivity contribution in [3.05, 3.63) is 0 Å². The molecular weight excluding hydrogens is 196 g/mol. The summed E-state index contributed by atoms with van der Waals surface area (Å²) in [6.07, 6.45) is 1.28. The Labute approximate surface area is 77.7 Å². The van der Waals surface area contributed by atoms with E-state index in [2.05, 4.69) is 14.6 Å². The fraction of sp³-hybridized carbons (Fsp3) is 0.833. The minimum atomic E-state index is -3.99. The van der Waals surface area contributed by atoms with Crippen molar-refractivity contribution in [2.45, 2.75) is 26.2 Å². The molecule has 0 rings (SSSR count). The quantitative estimate of drug-likeness (QED) is 0.607. The second-order valence-corrected chi connectivity index (χ2v) is 3.82. The molecule has 0 unspecified atom stereocenters. The van der Waals surface area contributed by atoms with Gasteiger partial charge in [-0.3, -0.25) is 0 Å². The number of nitrogens with two attached hydrogens (primary N) is 1. The molecule has 0 fully saturated rings. The van der Waals surface area contributed by atoms with E-state index in [4.69, 9.17) is 0 Å². The van der Waals surface area contributed by atoms with Crippen LogP contribution in [0, 0.1) is 0 Å². The van der Waals surface area contributed by atoms with E-state index in [1.54, 1.807) is 0 Å². The van der Waals surface area contributed by atoms with Gasteiger partial charge in [0.05, 0.1) is 0 Å². The van der Waals surface area contributed by atoms with Crippen LogP contribution in [0.15, 0.2) is 0 Å². The third kappa shape index (κ3) is 7.54. The van der Waals surface area contributed by atoms with E-state index in [9.17, 15) is 13.2 Å². The molecule has 7 heteroatoms. The van der Waals surface area contributed by atoms with Crippen LogP contribution in [0.3, 0.4) is 0 Å². The molecule has 13 heavy (non-hydrogen) atoms. The van der Waals surface area contributed by atoms with Gasteiger partial charge in [0.1, 0.15) is 0 Å². The highest BCUT2D eigenvalue weighted by molar-refractivity contribution is 7.85. The average Bonchev–Trinajstić information content (AvgIpc) is 1.95. The van der Waals surface area contributed by atoms with Crippen LogP contribution >= 0.6 is 0 Å². The molecule has 0 aliphatic carbocycles. The number of carbonyl (C=O) groups excluding carboxylic acids is 1. The molecule has 0 heterocycles. The molecule has 1 amide bonds. The van der Waals surface area contributed by atoms with Crippen molar-refractivity contribution in [3.63, 3.8) is 0 Å². The van der Waals surface area contributed by atoms with E-state index >= 15 is 0 Å². The molecule has 6 nitrogen and oxygen atoms in total. The lowest BCUT2D eigenvalue weighted by Gasteiger charge is -2.03. The summed E-state index contributed by atoms with van der Waals surface area (Å²) in [6, 6.07) is 0. The molecule has 0 saturated carbocycles. The van der Waals surface area contributed by atoms with Gasteiger partial charge >= 0.3 is 16.4 Å². The summed E-state index contributed by atoms with van der Waals surface area (Å²) in [7, 11) is -3.99. The molecule has 0 bridgehead atoms. The molecule has 0 aliphatic heterocycles. The maximum atomic E-state index is 10.8. The lowest BCUT2D eigenvalue weighted by Crippen LogP contribution is -2.31. The van der Waals surface area contributed by atoms with Crippen LogP contribution < -0.4 is 10.5 Å². The summed E-state index contributed by atoms with van der Waals surface area (Å²) >= 11 is 0. The van der Waals surface area contributed by atoms with Gasteiger partial charge in [0.15, 0.2) is 0 Å². The first kappa shape index (κ1) is 12.2. The van der Waals surface area contributed by atoms with Gasteiger partial charge in [-0.2, -0.15) is 13.1 Å². The van der Waals surface area contributed by atoms with E-state index in [1.807, 2.05) is 6.92 Å². The third-order valence-electron chi connectivity index (χ3n) is 1.25. The van der Waals surface area contributed by atoms with E-state index in [0.717, 1.165) is 12.8 Å². The molecule has 0 aliphatic rings. The first-order valence-corrected chi connectivity index (χ1v) is 5.37. The Bertz CT molecular complexity index is 249. The number of rotatable bonds is 6. The minimum Gasteiger partial charge on any atom is -0.334 e. The van der Waals surface area contributed by atoms with Crippen LogP contribution in [-0.2, 0) is 14.5 Å². The predicted octanol–water partition coefficient (Wildman–Crippen LogP) is 0.106. The summed E-state index contributed by atoms with van der Waals surface area (Å²) in [5, 5.41) is 0. The van der Waals surface area contributed by atoms with E-state index < -0.39 is 16.4 Å². The number of carbonyl (C=O) groups is 1. The van der Waals surface area contributed by atoms with Crippen molar-refractivity contribution in [3.8, 4) is 0 Å². The molecule has 3 N–H and O–H groups in total. The Morgan fingerprint density at radius 1 is 1.46 bits per heavy atom. The zero-order chi connectivity index (χ0) is 10.3. The Morgan fingerprint density at radius 3 is 2.54 bits per heavy atom. The first-order chi connectivity index (χ1) is 5.98. The van der Waals surface area contributed by atoms with Gasteiger partial charge in [-0.15, -0.1) is 0 Å². The number of nitrogens with one attached hydrogen (secondary N) is 1. The Morgan fingerprint density at radius 2 is 2.08 bits per heavy atom. The smallest absolute Gasteiger partial charge is 0.334 e. The summed E-state index contributed by atoms with van der Waals surface area (Å²) in [4.78, 5) is 10.1. The molecule has 0 aromatic rings. The van der Waals surface area contributed by atoms with Crippen molar-refractivity contribution >= 4 is 16.4 Å². The van der Waals surface area contributed by atoms with Crippen LogP contribution in [0.4, 0.5) is 4.79 Å². The van der Waals surface area contributed by atoms with Crippen molar-refractivity contribution in [1.82, 2.24) is 4.72 Å². The van der Waals surface area contributed by atoms with Crippen LogP contribution in [0.2, 0.25) is 0 Å². The van der Waals surface area contributed by atoms with Gasteiger partial charge < -0.3 is 9.92 Å². The van der Waals surface area contributed by atoms with Crippen LogP contribution in [0.5, 0.6) is 0 Å². The van der Waals surface area contributed by atoms with Crippen LogP contribution in [0.1, 0.15) is 26.2 Å². The monoisotopic (exact) mass is 210 g/mol. The minimum absolute atomic E-state index is 0.253. The zero-order valence-corrected chi connectivity index (χ0v) is 8.26. The number of hydrogen-bond donors (Lipinski definition) is 2. The van der Waals surface area contributed by atoms with E-state index in [-0.39, 0.29) is 6.54 Å². The maximum Gasteiger partial charge on any atom is 0.421 e. The molecule has 78 valence electrons. The van der Waals surface area contributed by atoms with Crippen molar-refractivity contribution in [2.24, 2.45) is 5.73 Å². The van der Waals surface area contributed by atoms with Gasteiger partial charge in [-0.25, -0.2) is 4.79 Å². The van der Waals surface area contributed by atoms with E-state index in [0.29, 0.717) is 6.42 Å². The summed E-state index contributed by atoms with van der Waals surface area (Å²) in [5.74, 6) is 0. The third-order valence-corrected chi connectivity index (χ3v) is 2.19. The topological polar surface area (TPSA) is 98.5 Å². The second-order valence-electron chi connectivity index (χ2n) is 2.46. The van der Waals surface area contributed by atoms with Crippen LogP contribution in [0.25, 0.3) is 0 Å². The molecule has 0 spiro atoms. The molecule has 0 aromatic heterocycles. The first-order valence-electron chi connectivity index (χ1n) is 3.96. The van der Waals surface area contributed by atoms with Gasteiger partial charge in [0.2, 0.25) is 0 Å². The number of primary amides is 1. The summed E-state index contributed by atoms with van der Waals surface area (Å²) < 4.78 is 27.4.